The summed E-state index contributed by atoms with van der Waals surface area (Å²) >= 11 is 0. The van der Waals surface area contributed by atoms with Crippen molar-refractivity contribution in [2.75, 3.05) is 30.4 Å². The molecule has 0 saturated carbocycles. The van der Waals surface area contributed by atoms with Gasteiger partial charge in [-0.15, -0.1) is 0 Å². The number of aliphatic hydroxyl groups excluding tert-OH is 1. The topological polar surface area (TPSA) is 67.6 Å². The monoisotopic (exact) mass is 259 g/mol. The Balaban J connectivity index is 2.28. The van der Waals surface area contributed by atoms with Crippen LogP contribution in [0, 0.1) is 17.2 Å². The Morgan fingerprint density at radius 1 is 1.58 bits per heavy atom. The van der Waals surface area contributed by atoms with Crippen LogP contribution in [0.2, 0.25) is 0 Å². The Morgan fingerprint density at radius 2 is 2.26 bits per heavy atom. The SMILES string of the molecule is CC(C#N)CN(C)c1ccc2c(c1)N(C)C(=O)C2O. The number of nitriles is 1. The van der Waals surface area contributed by atoms with E-state index in [-0.39, 0.29) is 11.8 Å². The first-order chi connectivity index (χ1) is 8.95. The predicted octanol–water partition coefficient (Wildman–Crippen LogP) is 1.29. The van der Waals surface area contributed by atoms with Gasteiger partial charge in [-0.05, 0) is 19.1 Å². The molecule has 19 heavy (non-hydrogen) atoms. The summed E-state index contributed by atoms with van der Waals surface area (Å²) < 4.78 is 0. The molecule has 0 radical (unpaired) electrons. The number of carbonyl (C=O) groups is 1. The molecule has 1 aliphatic heterocycles. The molecule has 0 saturated heterocycles. The van der Waals surface area contributed by atoms with Crippen LogP contribution in [0.4, 0.5) is 11.4 Å². The summed E-state index contributed by atoms with van der Waals surface area (Å²) in [6.45, 7) is 2.48. The van der Waals surface area contributed by atoms with Crippen molar-refractivity contribution >= 4 is 17.3 Å². The minimum Gasteiger partial charge on any atom is -0.378 e. The maximum absolute atomic E-state index is 11.7. The van der Waals surface area contributed by atoms with Crippen molar-refractivity contribution in [3.63, 3.8) is 0 Å². The maximum atomic E-state index is 11.7. The standard InChI is InChI=1S/C14H17N3O2/c1-9(7-15)8-16(2)10-4-5-11-12(6-10)17(3)14(19)13(11)18/h4-6,9,13,18H,8H2,1-3H3. The van der Waals surface area contributed by atoms with Crippen LogP contribution in [-0.4, -0.2) is 31.7 Å². The predicted molar refractivity (Wildman–Crippen MR) is 72.9 cm³/mol. The summed E-state index contributed by atoms with van der Waals surface area (Å²) in [4.78, 5) is 15.1. The van der Waals surface area contributed by atoms with Crippen LogP contribution in [-0.2, 0) is 4.79 Å². The third kappa shape index (κ3) is 2.27. The minimum atomic E-state index is -1.06. The van der Waals surface area contributed by atoms with E-state index in [1.807, 2.05) is 31.0 Å². The highest BCUT2D eigenvalue weighted by Gasteiger charge is 2.33. The van der Waals surface area contributed by atoms with Crippen molar-refractivity contribution < 1.29 is 9.90 Å². The van der Waals surface area contributed by atoms with Gasteiger partial charge in [0.2, 0.25) is 0 Å². The fourth-order valence-corrected chi connectivity index (χ4v) is 2.28. The molecule has 2 unspecified atom stereocenters. The van der Waals surface area contributed by atoms with Crippen LogP contribution >= 0.6 is 0 Å². The summed E-state index contributed by atoms with van der Waals surface area (Å²) in [6, 6.07) is 7.69. The number of nitrogens with zero attached hydrogens (tertiary/aromatic N) is 3. The first kappa shape index (κ1) is 13.4. The smallest absolute Gasteiger partial charge is 0.260 e. The quantitative estimate of drug-likeness (QED) is 0.888. The lowest BCUT2D eigenvalue weighted by Gasteiger charge is -2.22. The number of aliphatic hydroxyl groups is 1. The van der Waals surface area contributed by atoms with E-state index in [0.29, 0.717) is 12.1 Å². The Bertz CT molecular complexity index is 550. The van der Waals surface area contributed by atoms with Gasteiger partial charge >= 0.3 is 0 Å². The van der Waals surface area contributed by atoms with Crippen molar-refractivity contribution in [1.82, 2.24) is 0 Å². The van der Waals surface area contributed by atoms with Gasteiger partial charge < -0.3 is 14.9 Å². The third-order valence-electron chi connectivity index (χ3n) is 3.44. The molecule has 100 valence electrons. The first-order valence-electron chi connectivity index (χ1n) is 6.16. The highest BCUT2D eigenvalue weighted by molar-refractivity contribution is 6.03. The number of hydrogen-bond acceptors (Lipinski definition) is 4. The molecule has 1 aliphatic rings. The Morgan fingerprint density at radius 3 is 2.89 bits per heavy atom. The zero-order chi connectivity index (χ0) is 14.2. The highest BCUT2D eigenvalue weighted by atomic mass is 16.3. The molecular formula is C14H17N3O2. The highest BCUT2D eigenvalue weighted by Crippen LogP contribution is 2.37. The molecule has 1 aromatic rings. The summed E-state index contributed by atoms with van der Waals surface area (Å²) in [7, 11) is 3.56. The van der Waals surface area contributed by atoms with Crippen LogP contribution in [0.25, 0.3) is 0 Å². The van der Waals surface area contributed by atoms with Gasteiger partial charge in [-0.3, -0.25) is 4.79 Å². The number of hydrogen-bond donors (Lipinski definition) is 1. The second kappa shape index (κ2) is 4.90. The van der Waals surface area contributed by atoms with Gasteiger partial charge in [0.15, 0.2) is 6.10 Å². The second-order valence-electron chi connectivity index (χ2n) is 4.95. The van der Waals surface area contributed by atoms with Crippen molar-refractivity contribution in [1.29, 1.82) is 5.26 Å². The fourth-order valence-electron chi connectivity index (χ4n) is 2.28. The van der Waals surface area contributed by atoms with E-state index < -0.39 is 6.10 Å². The number of fused-ring (bicyclic) bond motifs is 1. The first-order valence-corrected chi connectivity index (χ1v) is 6.16. The van der Waals surface area contributed by atoms with Crippen LogP contribution in [0.3, 0.4) is 0 Å². The molecule has 0 bridgehead atoms. The minimum absolute atomic E-state index is 0.0665. The Kier molecular flexibility index (Phi) is 3.45. The number of benzene rings is 1. The molecular weight excluding hydrogens is 242 g/mol. The van der Waals surface area contributed by atoms with Crippen LogP contribution in [0.1, 0.15) is 18.6 Å². The van der Waals surface area contributed by atoms with E-state index in [4.69, 9.17) is 5.26 Å². The maximum Gasteiger partial charge on any atom is 0.260 e. The molecule has 0 aliphatic carbocycles. The van der Waals surface area contributed by atoms with E-state index in [9.17, 15) is 9.90 Å². The molecule has 1 heterocycles. The van der Waals surface area contributed by atoms with E-state index in [0.717, 1.165) is 11.4 Å². The van der Waals surface area contributed by atoms with Gasteiger partial charge in [-0.2, -0.15) is 5.26 Å². The number of likely N-dealkylation sites (N-methyl/N-ethyl adjacent to an activating group) is 1. The van der Waals surface area contributed by atoms with Gasteiger partial charge in [0.05, 0.1) is 17.7 Å². The van der Waals surface area contributed by atoms with E-state index in [2.05, 4.69) is 6.07 Å². The second-order valence-corrected chi connectivity index (χ2v) is 4.95. The van der Waals surface area contributed by atoms with Gasteiger partial charge in [0.1, 0.15) is 0 Å². The van der Waals surface area contributed by atoms with Gasteiger partial charge in [-0.1, -0.05) is 6.07 Å². The molecule has 5 nitrogen and oxygen atoms in total. The summed E-state index contributed by atoms with van der Waals surface area (Å²) in [6.07, 6.45) is -1.06. The van der Waals surface area contributed by atoms with E-state index in [1.54, 1.807) is 13.1 Å². The molecule has 0 spiro atoms. The zero-order valence-corrected chi connectivity index (χ0v) is 11.3. The summed E-state index contributed by atoms with van der Waals surface area (Å²) in [5, 5.41) is 18.6. The lowest BCUT2D eigenvalue weighted by atomic mass is 10.1. The van der Waals surface area contributed by atoms with Crippen molar-refractivity contribution in [3.8, 4) is 6.07 Å². The molecule has 0 aromatic heterocycles. The molecule has 1 aromatic carbocycles. The lowest BCUT2D eigenvalue weighted by Crippen LogP contribution is -2.24. The van der Waals surface area contributed by atoms with Gasteiger partial charge in [0.25, 0.3) is 5.91 Å². The van der Waals surface area contributed by atoms with Crippen LogP contribution in [0.15, 0.2) is 18.2 Å². The molecule has 1 N–H and O–H groups in total. The molecule has 1 amide bonds. The summed E-state index contributed by atoms with van der Waals surface area (Å²) in [5.41, 5.74) is 2.29. The molecule has 2 rings (SSSR count). The Labute approximate surface area is 112 Å². The number of rotatable bonds is 3. The normalized spacial score (nSPS) is 19.0. The summed E-state index contributed by atoms with van der Waals surface area (Å²) in [5.74, 6) is -0.372. The average molecular weight is 259 g/mol. The third-order valence-corrected chi connectivity index (χ3v) is 3.44. The van der Waals surface area contributed by atoms with Crippen LogP contribution in [0.5, 0.6) is 0 Å². The largest absolute Gasteiger partial charge is 0.378 e. The molecule has 2 atom stereocenters. The molecule has 5 heteroatoms. The van der Waals surface area contributed by atoms with Gasteiger partial charge in [-0.25, -0.2) is 0 Å². The molecule has 0 fully saturated rings. The van der Waals surface area contributed by atoms with E-state index in [1.165, 1.54) is 4.90 Å². The van der Waals surface area contributed by atoms with Crippen molar-refractivity contribution in [2.45, 2.75) is 13.0 Å². The van der Waals surface area contributed by atoms with Crippen LogP contribution < -0.4 is 9.80 Å². The Hall–Kier alpha value is -2.06. The average Bonchev–Trinajstić information content (AvgIpc) is 2.63. The zero-order valence-electron chi connectivity index (χ0n) is 11.3. The number of anilines is 2. The number of carbonyl (C=O) groups excluding carboxylic acids is 1. The van der Waals surface area contributed by atoms with Gasteiger partial charge in [0, 0.05) is 31.9 Å². The van der Waals surface area contributed by atoms with Crippen molar-refractivity contribution in [2.24, 2.45) is 5.92 Å². The fraction of sp³-hybridized carbons (Fsp3) is 0.429. The van der Waals surface area contributed by atoms with E-state index >= 15 is 0 Å². The lowest BCUT2D eigenvalue weighted by molar-refractivity contribution is -0.125. The van der Waals surface area contributed by atoms with Crippen molar-refractivity contribution in [3.05, 3.63) is 23.8 Å². The number of amides is 1.